The highest BCUT2D eigenvalue weighted by molar-refractivity contribution is 5.98. The van der Waals surface area contributed by atoms with Gasteiger partial charge in [0.15, 0.2) is 6.10 Å². The van der Waals surface area contributed by atoms with Gasteiger partial charge in [-0.2, -0.15) is 0 Å². The summed E-state index contributed by atoms with van der Waals surface area (Å²) in [6, 6.07) is 15.4. The molecular formula is C28H33N3O6. The first-order chi connectivity index (χ1) is 17.5. The number of carbonyl (C=O) groups is 4. The highest BCUT2D eigenvalue weighted by Gasteiger charge is 2.45. The molecule has 9 nitrogen and oxygen atoms in total. The fourth-order valence-corrected chi connectivity index (χ4v) is 4.53. The van der Waals surface area contributed by atoms with Crippen molar-refractivity contribution < 1.29 is 29.4 Å². The van der Waals surface area contributed by atoms with Gasteiger partial charge in [0.25, 0.3) is 5.91 Å². The number of carbonyl (C=O) groups excluding carboxylic acids is 3. The molecule has 0 aromatic heterocycles. The molecular weight excluding hydrogens is 474 g/mol. The summed E-state index contributed by atoms with van der Waals surface area (Å²) >= 11 is 0. The van der Waals surface area contributed by atoms with Gasteiger partial charge in [-0.25, -0.2) is 14.8 Å². The van der Waals surface area contributed by atoms with Crippen LogP contribution in [0.5, 0.6) is 0 Å². The van der Waals surface area contributed by atoms with Gasteiger partial charge in [0, 0.05) is 25.6 Å². The maximum absolute atomic E-state index is 14.1. The number of hydrazine groups is 1. The van der Waals surface area contributed by atoms with Crippen LogP contribution in [0.4, 0.5) is 0 Å². The first kappa shape index (κ1) is 27.6. The van der Waals surface area contributed by atoms with Crippen LogP contribution in [0.1, 0.15) is 45.2 Å². The largest absolute Gasteiger partial charge is 0.479 e. The van der Waals surface area contributed by atoms with Crippen molar-refractivity contribution in [3.63, 3.8) is 0 Å². The van der Waals surface area contributed by atoms with Crippen LogP contribution in [-0.4, -0.2) is 67.0 Å². The van der Waals surface area contributed by atoms with Crippen LogP contribution in [0.15, 0.2) is 66.9 Å². The van der Waals surface area contributed by atoms with Gasteiger partial charge in [0.05, 0.1) is 11.7 Å². The van der Waals surface area contributed by atoms with Gasteiger partial charge >= 0.3 is 5.97 Å². The third kappa shape index (κ3) is 6.24. The number of aliphatic hydroxyl groups excluding tert-OH is 1. The van der Waals surface area contributed by atoms with Gasteiger partial charge in [0.2, 0.25) is 11.8 Å². The van der Waals surface area contributed by atoms with E-state index in [1.54, 1.807) is 60.7 Å². The summed E-state index contributed by atoms with van der Waals surface area (Å²) in [5, 5.41) is 22.7. The number of aliphatic carboxylic acids is 1. The second-order valence-corrected chi connectivity index (χ2v) is 9.51. The van der Waals surface area contributed by atoms with Crippen molar-refractivity contribution in [2.45, 2.75) is 58.7 Å². The van der Waals surface area contributed by atoms with Crippen LogP contribution in [-0.2, 0) is 25.6 Å². The molecule has 2 aromatic carbocycles. The maximum atomic E-state index is 14.1. The van der Waals surface area contributed by atoms with E-state index in [9.17, 15) is 29.4 Å². The Labute approximate surface area is 216 Å². The van der Waals surface area contributed by atoms with Crippen molar-refractivity contribution in [3.05, 3.63) is 78.0 Å². The molecule has 0 saturated carbocycles. The minimum absolute atomic E-state index is 0.0228. The lowest BCUT2D eigenvalue weighted by Crippen LogP contribution is -2.63. The van der Waals surface area contributed by atoms with Crippen LogP contribution in [0.3, 0.4) is 0 Å². The highest BCUT2D eigenvalue weighted by atomic mass is 16.4. The zero-order valence-electron chi connectivity index (χ0n) is 21.4. The summed E-state index contributed by atoms with van der Waals surface area (Å²) in [5.41, 5.74) is 1.45. The molecule has 0 bridgehead atoms. The van der Waals surface area contributed by atoms with E-state index < -0.39 is 36.0 Å². The molecule has 0 aliphatic carbocycles. The zero-order chi connectivity index (χ0) is 27.3. The van der Waals surface area contributed by atoms with Crippen molar-refractivity contribution in [1.29, 1.82) is 0 Å². The second-order valence-electron chi connectivity index (χ2n) is 9.51. The Morgan fingerprint density at radius 1 is 0.973 bits per heavy atom. The molecule has 196 valence electrons. The lowest BCUT2D eigenvalue weighted by molar-refractivity contribution is -0.174. The van der Waals surface area contributed by atoms with Crippen molar-refractivity contribution in [2.24, 2.45) is 5.92 Å². The number of rotatable bonds is 9. The van der Waals surface area contributed by atoms with Gasteiger partial charge in [0.1, 0.15) is 6.04 Å². The van der Waals surface area contributed by atoms with Crippen molar-refractivity contribution >= 4 is 29.4 Å². The zero-order valence-corrected chi connectivity index (χ0v) is 21.4. The number of hydrogen-bond acceptors (Lipinski definition) is 5. The normalized spacial score (nSPS) is 17.3. The van der Waals surface area contributed by atoms with Crippen molar-refractivity contribution in [2.75, 3.05) is 0 Å². The smallest absolute Gasteiger partial charge is 0.334 e. The Hall–Kier alpha value is -3.98. The Morgan fingerprint density at radius 2 is 1.54 bits per heavy atom. The molecule has 3 rings (SSSR count). The van der Waals surface area contributed by atoms with Crippen LogP contribution in [0.2, 0.25) is 0 Å². The number of amides is 3. The van der Waals surface area contributed by atoms with Gasteiger partial charge < -0.3 is 15.1 Å². The molecule has 0 radical (unpaired) electrons. The number of benzene rings is 2. The summed E-state index contributed by atoms with van der Waals surface area (Å²) < 4.78 is 0. The van der Waals surface area contributed by atoms with E-state index in [0.29, 0.717) is 17.5 Å². The standard InChI is InChI=1S/C28H33N3O6/c1-18(2)15-24-27(35)31(25(17-29(24)19(3)32)22-13-9-6-10-14-22)30(20(4)33)23(26(34)28(36)37)16-21-11-7-5-8-12-21/h5-14,17-18,23-24,26,34H,15-16H2,1-4H3,(H,36,37)/t23-,24?,26?/m0/s1. The number of nitrogens with zero attached hydrogens (tertiary/aromatic N) is 3. The second kappa shape index (κ2) is 11.8. The van der Waals surface area contributed by atoms with Crippen LogP contribution < -0.4 is 0 Å². The Kier molecular flexibility index (Phi) is 8.83. The van der Waals surface area contributed by atoms with E-state index in [-0.39, 0.29) is 23.9 Å². The number of hydrogen-bond donors (Lipinski definition) is 2. The van der Waals surface area contributed by atoms with Gasteiger partial charge in [-0.3, -0.25) is 14.4 Å². The third-order valence-electron chi connectivity index (χ3n) is 6.20. The fraction of sp³-hybridized carbons (Fsp3) is 0.357. The summed E-state index contributed by atoms with van der Waals surface area (Å²) in [6.07, 6.45) is -0.160. The molecule has 3 amide bonds. The summed E-state index contributed by atoms with van der Waals surface area (Å²) in [7, 11) is 0. The lowest BCUT2D eigenvalue weighted by atomic mass is 9.97. The maximum Gasteiger partial charge on any atom is 0.334 e. The first-order valence-corrected chi connectivity index (χ1v) is 12.2. The van der Waals surface area contributed by atoms with Crippen molar-refractivity contribution in [3.8, 4) is 0 Å². The monoisotopic (exact) mass is 507 g/mol. The van der Waals surface area contributed by atoms with E-state index in [1.165, 1.54) is 24.9 Å². The average Bonchev–Trinajstić information content (AvgIpc) is 2.85. The van der Waals surface area contributed by atoms with E-state index in [1.807, 2.05) is 13.8 Å². The molecule has 3 atom stereocenters. The average molecular weight is 508 g/mol. The molecule has 9 heteroatoms. The highest BCUT2D eigenvalue weighted by Crippen LogP contribution is 2.33. The molecule has 0 saturated heterocycles. The quantitative estimate of drug-likeness (QED) is 0.539. The molecule has 1 aliphatic heterocycles. The van der Waals surface area contributed by atoms with E-state index in [4.69, 9.17) is 0 Å². The molecule has 2 aromatic rings. The van der Waals surface area contributed by atoms with Crippen LogP contribution >= 0.6 is 0 Å². The SMILES string of the molecule is CC(=O)N1C=C(c2ccccc2)N(N(C(C)=O)[C@@H](Cc2ccccc2)C(O)C(=O)O)C(=O)C1CC(C)C. The van der Waals surface area contributed by atoms with E-state index >= 15 is 0 Å². The Morgan fingerprint density at radius 3 is 2.03 bits per heavy atom. The molecule has 2 N–H and O–H groups in total. The van der Waals surface area contributed by atoms with Crippen LogP contribution in [0, 0.1) is 5.92 Å². The predicted molar refractivity (Wildman–Crippen MR) is 137 cm³/mol. The molecule has 0 spiro atoms. The summed E-state index contributed by atoms with van der Waals surface area (Å²) in [4.78, 5) is 53.2. The molecule has 37 heavy (non-hydrogen) atoms. The van der Waals surface area contributed by atoms with Gasteiger partial charge in [-0.15, -0.1) is 0 Å². The Bertz CT molecular complexity index is 1160. The van der Waals surface area contributed by atoms with Crippen molar-refractivity contribution in [1.82, 2.24) is 14.9 Å². The van der Waals surface area contributed by atoms with Gasteiger partial charge in [-0.05, 0) is 24.3 Å². The molecule has 1 aliphatic rings. The Balaban J connectivity index is 2.24. The minimum Gasteiger partial charge on any atom is -0.479 e. The summed E-state index contributed by atoms with van der Waals surface area (Å²) in [5.74, 6) is -3.01. The number of carboxylic acid groups (broad SMARTS) is 1. The van der Waals surface area contributed by atoms with E-state index in [2.05, 4.69) is 0 Å². The third-order valence-corrected chi connectivity index (χ3v) is 6.20. The predicted octanol–water partition coefficient (Wildman–Crippen LogP) is 2.91. The number of carboxylic acids is 1. The summed E-state index contributed by atoms with van der Waals surface area (Å²) in [6.45, 7) is 6.42. The first-order valence-electron chi connectivity index (χ1n) is 12.2. The minimum atomic E-state index is -1.98. The fourth-order valence-electron chi connectivity index (χ4n) is 4.53. The molecule has 1 heterocycles. The van der Waals surface area contributed by atoms with Gasteiger partial charge in [-0.1, -0.05) is 74.5 Å². The number of aliphatic hydroxyl groups is 1. The van der Waals surface area contributed by atoms with Crippen LogP contribution in [0.25, 0.3) is 5.70 Å². The van der Waals surface area contributed by atoms with E-state index in [0.717, 1.165) is 10.0 Å². The topological polar surface area (TPSA) is 118 Å². The molecule has 0 fully saturated rings. The molecule has 2 unspecified atom stereocenters. The lowest BCUT2D eigenvalue weighted by Gasteiger charge is -2.47.